The Bertz CT molecular complexity index is 1160. The molecule has 1 N–H and O–H groups in total. The summed E-state index contributed by atoms with van der Waals surface area (Å²) in [5.74, 6) is 0.142. The molecule has 0 saturated carbocycles. The maximum Gasteiger partial charge on any atom is 0.277 e. The zero-order valence-corrected chi connectivity index (χ0v) is 17.3. The Morgan fingerprint density at radius 1 is 1.12 bits per heavy atom. The molecule has 3 aromatic rings. The molecular formula is C23H22N4O5. The van der Waals surface area contributed by atoms with Gasteiger partial charge in [-0.15, -0.1) is 0 Å². The quantitative estimate of drug-likeness (QED) is 0.348. The first kappa shape index (κ1) is 21.3. The van der Waals surface area contributed by atoms with E-state index in [1.807, 2.05) is 36.4 Å². The average Bonchev–Trinajstić information content (AvgIpc) is 2.83. The van der Waals surface area contributed by atoms with Crippen molar-refractivity contribution < 1.29 is 19.2 Å². The minimum atomic E-state index is -0.462. The number of carbonyl (C=O) groups is 1. The number of morpholine rings is 1. The third kappa shape index (κ3) is 5.19. The van der Waals surface area contributed by atoms with E-state index in [1.54, 1.807) is 12.1 Å². The Morgan fingerprint density at radius 3 is 2.69 bits per heavy atom. The number of anilines is 1. The van der Waals surface area contributed by atoms with Crippen LogP contribution in [0.1, 0.15) is 5.56 Å². The molecule has 32 heavy (non-hydrogen) atoms. The van der Waals surface area contributed by atoms with Crippen molar-refractivity contribution in [2.75, 3.05) is 37.8 Å². The first-order valence-corrected chi connectivity index (χ1v) is 10.1. The average molecular weight is 434 g/mol. The fourth-order valence-electron chi connectivity index (χ4n) is 3.46. The molecule has 1 fully saturated rings. The highest BCUT2D eigenvalue weighted by Crippen LogP contribution is 2.25. The number of nitrogens with zero attached hydrogens (tertiary/aromatic N) is 3. The van der Waals surface area contributed by atoms with E-state index in [9.17, 15) is 14.9 Å². The van der Waals surface area contributed by atoms with Crippen LogP contribution in [0.2, 0.25) is 0 Å². The lowest BCUT2D eigenvalue weighted by molar-refractivity contribution is -0.384. The number of ether oxygens (including phenoxy) is 2. The normalized spacial score (nSPS) is 13.9. The molecule has 0 aliphatic carbocycles. The van der Waals surface area contributed by atoms with Crippen molar-refractivity contribution >= 4 is 34.3 Å². The zero-order chi connectivity index (χ0) is 22.3. The van der Waals surface area contributed by atoms with Gasteiger partial charge in [0.05, 0.1) is 24.4 Å². The highest BCUT2D eigenvalue weighted by Gasteiger charge is 2.17. The van der Waals surface area contributed by atoms with E-state index in [1.165, 1.54) is 18.3 Å². The van der Waals surface area contributed by atoms with Crippen LogP contribution in [-0.4, -0.2) is 50.0 Å². The monoisotopic (exact) mass is 434 g/mol. The van der Waals surface area contributed by atoms with Gasteiger partial charge in [-0.25, -0.2) is 5.43 Å². The first-order valence-electron chi connectivity index (χ1n) is 10.1. The minimum absolute atomic E-state index is 0.0468. The second kappa shape index (κ2) is 9.88. The van der Waals surface area contributed by atoms with Crippen molar-refractivity contribution in [3.05, 3.63) is 76.3 Å². The van der Waals surface area contributed by atoms with Crippen molar-refractivity contribution in [2.45, 2.75) is 0 Å². The van der Waals surface area contributed by atoms with Crippen molar-refractivity contribution in [1.29, 1.82) is 0 Å². The molecule has 4 rings (SSSR count). The Hall–Kier alpha value is -3.98. The number of hydrazone groups is 1. The number of fused-ring (bicyclic) bond motifs is 1. The number of nitro groups is 1. The molecular weight excluding hydrogens is 412 g/mol. The number of nitro benzene ring substituents is 1. The van der Waals surface area contributed by atoms with E-state index in [0.717, 1.165) is 16.5 Å². The molecule has 1 saturated heterocycles. The van der Waals surface area contributed by atoms with Crippen molar-refractivity contribution in [3.63, 3.8) is 0 Å². The number of hydrogen-bond donors (Lipinski definition) is 1. The summed E-state index contributed by atoms with van der Waals surface area (Å²) in [7, 11) is 0. The molecule has 1 aliphatic heterocycles. The van der Waals surface area contributed by atoms with E-state index < -0.39 is 10.8 Å². The molecule has 1 heterocycles. The second-order valence-electron chi connectivity index (χ2n) is 7.19. The van der Waals surface area contributed by atoms with Crippen LogP contribution in [-0.2, 0) is 9.53 Å². The maximum atomic E-state index is 12.1. The van der Waals surface area contributed by atoms with Gasteiger partial charge in [0.15, 0.2) is 6.61 Å². The molecule has 0 atom stereocenters. The molecule has 0 unspecified atom stereocenters. The molecule has 1 aliphatic rings. The highest BCUT2D eigenvalue weighted by atomic mass is 16.6. The Balaban J connectivity index is 1.40. The Morgan fingerprint density at radius 2 is 1.91 bits per heavy atom. The number of non-ortho nitro benzene ring substituents is 1. The second-order valence-corrected chi connectivity index (χ2v) is 7.19. The van der Waals surface area contributed by atoms with Gasteiger partial charge < -0.3 is 14.4 Å². The smallest absolute Gasteiger partial charge is 0.277 e. The fourth-order valence-corrected chi connectivity index (χ4v) is 3.46. The summed E-state index contributed by atoms with van der Waals surface area (Å²) < 4.78 is 10.9. The van der Waals surface area contributed by atoms with Gasteiger partial charge in [-0.2, -0.15) is 5.10 Å². The van der Waals surface area contributed by atoms with Gasteiger partial charge in [0.25, 0.3) is 11.6 Å². The van der Waals surface area contributed by atoms with Crippen molar-refractivity contribution in [2.24, 2.45) is 5.10 Å². The lowest BCUT2D eigenvalue weighted by Crippen LogP contribution is -2.36. The number of carbonyl (C=O) groups excluding carboxylic acids is 1. The Kier molecular flexibility index (Phi) is 6.57. The van der Waals surface area contributed by atoms with Gasteiger partial charge in [0.2, 0.25) is 0 Å². The molecule has 9 heteroatoms. The van der Waals surface area contributed by atoms with Crippen LogP contribution in [0.15, 0.2) is 65.8 Å². The van der Waals surface area contributed by atoms with Crippen LogP contribution in [0.5, 0.6) is 5.75 Å². The maximum absolute atomic E-state index is 12.1. The summed E-state index contributed by atoms with van der Waals surface area (Å²) in [6.07, 6.45) is 1.41. The molecule has 0 bridgehead atoms. The molecule has 9 nitrogen and oxygen atoms in total. The minimum Gasteiger partial charge on any atom is -0.484 e. The molecule has 0 aromatic heterocycles. The lowest BCUT2D eigenvalue weighted by atomic mass is 10.1. The van der Waals surface area contributed by atoms with Gasteiger partial charge >= 0.3 is 0 Å². The number of benzene rings is 3. The highest BCUT2D eigenvalue weighted by molar-refractivity contribution is 5.90. The van der Waals surface area contributed by atoms with E-state index in [0.29, 0.717) is 37.6 Å². The largest absolute Gasteiger partial charge is 0.484 e. The molecule has 164 valence electrons. The summed E-state index contributed by atoms with van der Waals surface area (Å²) in [5, 5.41) is 17.2. The van der Waals surface area contributed by atoms with Crippen LogP contribution in [0.4, 0.5) is 11.4 Å². The molecule has 0 radical (unpaired) electrons. The van der Waals surface area contributed by atoms with Gasteiger partial charge in [0.1, 0.15) is 5.75 Å². The number of hydrogen-bond acceptors (Lipinski definition) is 7. The summed E-state index contributed by atoms with van der Waals surface area (Å²) in [6, 6.07) is 18.0. The molecule has 3 aromatic carbocycles. The van der Waals surface area contributed by atoms with Gasteiger partial charge in [-0.1, -0.05) is 30.3 Å². The van der Waals surface area contributed by atoms with E-state index in [4.69, 9.17) is 9.47 Å². The van der Waals surface area contributed by atoms with Crippen LogP contribution in [0.25, 0.3) is 10.8 Å². The predicted octanol–water partition coefficient (Wildman–Crippen LogP) is 3.11. The van der Waals surface area contributed by atoms with Crippen LogP contribution < -0.4 is 15.1 Å². The Labute approximate surface area is 184 Å². The van der Waals surface area contributed by atoms with Crippen LogP contribution in [0.3, 0.4) is 0 Å². The van der Waals surface area contributed by atoms with Crippen molar-refractivity contribution in [1.82, 2.24) is 5.43 Å². The summed E-state index contributed by atoms with van der Waals surface area (Å²) in [6.45, 7) is 2.29. The zero-order valence-electron chi connectivity index (χ0n) is 17.3. The first-order chi connectivity index (χ1) is 15.6. The topological polar surface area (TPSA) is 106 Å². The standard InChI is InChI=1S/C23H22N4O5/c28-23(16-32-21-7-5-17-3-1-2-4-18(17)14-21)25-24-15-19-13-20(27(29)30)6-8-22(19)26-9-11-31-12-10-26/h1-8,13-15H,9-12,16H2,(H,25,28)/b24-15-. The van der Waals surface area contributed by atoms with Crippen LogP contribution in [0, 0.1) is 10.1 Å². The van der Waals surface area contributed by atoms with Gasteiger partial charge in [-0.05, 0) is 29.0 Å². The van der Waals surface area contributed by atoms with E-state index in [2.05, 4.69) is 15.4 Å². The van der Waals surface area contributed by atoms with Gasteiger partial charge in [0, 0.05) is 36.5 Å². The summed E-state index contributed by atoms with van der Waals surface area (Å²) >= 11 is 0. The third-order valence-corrected chi connectivity index (χ3v) is 5.06. The van der Waals surface area contributed by atoms with E-state index in [-0.39, 0.29) is 12.3 Å². The number of rotatable bonds is 7. The number of nitrogens with one attached hydrogen (secondary N) is 1. The SMILES string of the molecule is O=C(COc1ccc2ccccc2c1)N/N=C\c1cc([N+](=O)[O-])ccc1N1CCOCC1. The molecule has 0 spiro atoms. The summed E-state index contributed by atoms with van der Waals surface area (Å²) in [4.78, 5) is 24.9. The van der Waals surface area contributed by atoms with Crippen molar-refractivity contribution in [3.8, 4) is 5.75 Å². The third-order valence-electron chi connectivity index (χ3n) is 5.06. The van der Waals surface area contributed by atoms with Crippen LogP contribution >= 0.6 is 0 Å². The van der Waals surface area contributed by atoms with Gasteiger partial charge in [-0.3, -0.25) is 14.9 Å². The fraction of sp³-hybridized carbons (Fsp3) is 0.217. The summed E-state index contributed by atoms with van der Waals surface area (Å²) in [5.41, 5.74) is 3.70. The lowest BCUT2D eigenvalue weighted by Gasteiger charge is -2.29. The molecule has 1 amide bonds. The number of amides is 1. The predicted molar refractivity (Wildman–Crippen MR) is 121 cm³/mol. The van der Waals surface area contributed by atoms with E-state index >= 15 is 0 Å².